The first-order chi connectivity index (χ1) is 18.6. The molecule has 0 aliphatic heterocycles. The highest BCUT2D eigenvalue weighted by atomic mass is 16.5. The molecule has 6 heteroatoms. The normalized spacial score (nSPS) is 11.3. The van der Waals surface area contributed by atoms with E-state index in [0.29, 0.717) is 6.54 Å². The average molecular weight is 509 g/mol. The molecule has 1 N–H and O–H groups in total. The van der Waals surface area contributed by atoms with Gasteiger partial charge in [0.2, 0.25) is 11.8 Å². The summed E-state index contributed by atoms with van der Waals surface area (Å²) in [4.78, 5) is 29.3. The van der Waals surface area contributed by atoms with Crippen LogP contribution < -0.4 is 14.8 Å². The number of nitrogens with one attached hydrogen (secondary N) is 1. The van der Waals surface area contributed by atoms with E-state index >= 15 is 0 Å². The van der Waals surface area contributed by atoms with Crippen LogP contribution >= 0.6 is 0 Å². The van der Waals surface area contributed by atoms with Crippen LogP contribution in [0.1, 0.15) is 28.3 Å². The Morgan fingerprint density at radius 2 is 1.21 bits per heavy atom. The molecule has 194 valence electrons. The molecule has 4 rings (SSSR count). The van der Waals surface area contributed by atoms with Crippen molar-refractivity contribution in [3.8, 4) is 11.5 Å². The fraction of sp³-hybridized carbons (Fsp3) is 0.188. The van der Waals surface area contributed by atoms with Gasteiger partial charge in [-0.1, -0.05) is 84.9 Å². The summed E-state index contributed by atoms with van der Waals surface area (Å²) < 4.78 is 10.5. The van der Waals surface area contributed by atoms with E-state index < -0.39 is 6.04 Å². The topological polar surface area (TPSA) is 67.9 Å². The summed E-state index contributed by atoms with van der Waals surface area (Å²) in [5.74, 6) is 1.09. The van der Waals surface area contributed by atoms with Crippen molar-refractivity contribution in [1.29, 1.82) is 0 Å². The van der Waals surface area contributed by atoms with Crippen molar-refractivity contribution in [2.45, 2.75) is 25.6 Å². The van der Waals surface area contributed by atoms with Gasteiger partial charge in [-0.15, -0.1) is 0 Å². The van der Waals surface area contributed by atoms with E-state index in [4.69, 9.17) is 9.47 Å². The third-order valence-corrected chi connectivity index (χ3v) is 6.33. The highest BCUT2D eigenvalue weighted by molar-refractivity contribution is 5.89. The van der Waals surface area contributed by atoms with Gasteiger partial charge in [0.1, 0.15) is 17.5 Å². The molecule has 4 aromatic rings. The SMILES string of the molecule is COc1ccc(CNC(=O)[C@H](c2ccccc2)N(Cc2ccc(OC)cc2)C(=O)Cc2ccccc2)cc1. The lowest BCUT2D eigenvalue weighted by atomic mass is 10.0. The van der Waals surface area contributed by atoms with Gasteiger partial charge in [-0.25, -0.2) is 0 Å². The van der Waals surface area contributed by atoms with Crippen LogP contribution in [0.3, 0.4) is 0 Å². The van der Waals surface area contributed by atoms with Crippen LogP contribution in [0.2, 0.25) is 0 Å². The lowest BCUT2D eigenvalue weighted by Gasteiger charge is -2.32. The molecule has 0 unspecified atom stereocenters. The summed E-state index contributed by atoms with van der Waals surface area (Å²) in [5, 5.41) is 3.04. The summed E-state index contributed by atoms with van der Waals surface area (Å²) in [6.07, 6.45) is 0.187. The number of ether oxygens (including phenoxy) is 2. The fourth-order valence-electron chi connectivity index (χ4n) is 4.26. The molecule has 2 amide bonds. The predicted molar refractivity (Wildman–Crippen MR) is 148 cm³/mol. The monoisotopic (exact) mass is 508 g/mol. The summed E-state index contributed by atoms with van der Waals surface area (Å²) >= 11 is 0. The second-order valence-electron chi connectivity index (χ2n) is 8.91. The van der Waals surface area contributed by atoms with Crippen LogP contribution in [0.15, 0.2) is 109 Å². The van der Waals surface area contributed by atoms with Crippen LogP contribution in [0.4, 0.5) is 0 Å². The second kappa shape index (κ2) is 13.1. The second-order valence-corrected chi connectivity index (χ2v) is 8.91. The highest BCUT2D eigenvalue weighted by Crippen LogP contribution is 2.26. The van der Waals surface area contributed by atoms with Gasteiger partial charge in [0.15, 0.2) is 0 Å². The molecule has 0 bridgehead atoms. The number of rotatable bonds is 11. The van der Waals surface area contributed by atoms with E-state index in [9.17, 15) is 9.59 Å². The summed E-state index contributed by atoms with van der Waals surface area (Å²) in [6, 6.07) is 33.3. The lowest BCUT2D eigenvalue weighted by molar-refractivity contribution is -0.141. The van der Waals surface area contributed by atoms with Crippen molar-refractivity contribution >= 4 is 11.8 Å². The molecule has 38 heavy (non-hydrogen) atoms. The van der Waals surface area contributed by atoms with Gasteiger partial charge in [0.25, 0.3) is 0 Å². The fourth-order valence-corrected chi connectivity index (χ4v) is 4.26. The molecule has 0 heterocycles. The van der Waals surface area contributed by atoms with Gasteiger partial charge in [0, 0.05) is 13.1 Å². The largest absolute Gasteiger partial charge is 0.497 e. The molecule has 0 radical (unpaired) electrons. The van der Waals surface area contributed by atoms with E-state index in [1.807, 2.05) is 109 Å². The van der Waals surface area contributed by atoms with Gasteiger partial charge in [-0.05, 0) is 46.5 Å². The molecule has 0 aromatic heterocycles. The molecule has 0 saturated heterocycles. The van der Waals surface area contributed by atoms with Crippen LogP contribution in [-0.4, -0.2) is 30.9 Å². The zero-order valence-electron chi connectivity index (χ0n) is 21.7. The van der Waals surface area contributed by atoms with Crippen LogP contribution in [0, 0.1) is 0 Å². The van der Waals surface area contributed by atoms with Crippen molar-refractivity contribution < 1.29 is 19.1 Å². The Hall–Kier alpha value is -4.58. The molecule has 0 aliphatic rings. The minimum absolute atomic E-state index is 0.138. The molecule has 0 fully saturated rings. The van der Waals surface area contributed by atoms with E-state index in [0.717, 1.165) is 33.8 Å². The number of carbonyl (C=O) groups is 2. The maximum Gasteiger partial charge on any atom is 0.247 e. The molecule has 6 nitrogen and oxygen atoms in total. The number of hydrogen-bond donors (Lipinski definition) is 1. The van der Waals surface area contributed by atoms with Gasteiger partial charge < -0.3 is 19.7 Å². The maximum atomic E-state index is 13.8. The number of methoxy groups -OCH3 is 2. The quantitative estimate of drug-likeness (QED) is 0.297. The van der Waals surface area contributed by atoms with E-state index in [2.05, 4.69) is 5.32 Å². The summed E-state index contributed by atoms with van der Waals surface area (Å²) in [7, 11) is 3.23. The van der Waals surface area contributed by atoms with E-state index in [-0.39, 0.29) is 24.8 Å². The van der Waals surface area contributed by atoms with Gasteiger partial charge in [-0.3, -0.25) is 9.59 Å². The summed E-state index contributed by atoms with van der Waals surface area (Å²) in [5.41, 5.74) is 3.47. The number of benzene rings is 4. The first-order valence-electron chi connectivity index (χ1n) is 12.5. The Kier molecular flexibility index (Phi) is 9.13. The third-order valence-electron chi connectivity index (χ3n) is 6.33. The van der Waals surface area contributed by atoms with Crippen molar-refractivity contribution in [2.24, 2.45) is 0 Å². The zero-order valence-corrected chi connectivity index (χ0v) is 21.7. The maximum absolute atomic E-state index is 13.8. The smallest absolute Gasteiger partial charge is 0.247 e. The number of carbonyl (C=O) groups excluding carboxylic acids is 2. The average Bonchev–Trinajstić information content (AvgIpc) is 2.97. The number of nitrogens with zero attached hydrogens (tertiary/aromatic N) is 1. The van der Waals surface area contributed by atoms with Gasteiger partial charge in [-0.2, -0.15) is 0 Å². The molecular weight excluding hydrogens is 476 g/mol. The van der Waals surface area contributed by atoms with Crippen LogP contribution in [0.5, 0.6) is 11.5 Å². The first kappa shape index (κ1) is 26.5. The molecule has 0 aliphatic carbocycles. The van der Waals surface area contributed by atoms with Crippen molar-refractivity contribution in [2.75, 3.05) is 14.2 Å². The Balaban J connectivity index is 1.64. The van der Waals surface area contributed by atoms with Crippen molar-refractivity contribution in [1.82, 2.24) is 10.2 Å². The van der Waals surface area contributed by atoms with Crippen molar-refractivity contribution in [3.63, 3.8) is 0 Å². The molecule has 4 aromatic carbocycles. The molecule has 0 saturated carbocycles. The van der Waals surface area contributed by atoms with Gasteiger partial charge in [0.05, 0.1) is 20.6 Å². The standard InChI is InChI=1S/C32H32N2O4/c1-37-28-17-13-25(14-18-28)22-33-32(36)31(27-11-7-4-8-12-27)34(23-26-15-19-29(38-2)20-16-26)30(35)21-24-9-5-3-6-10-24/h3-20,31H,21-23H2,1-2H3,(H,33,36)/t31-/m0/s1. The predicted octanol–water partition coefficient (Wildman–Crippen LogP) is 5.33. The Labute approximate surface area is 223 Å². The van der Waals surface area contributed by atoms with E-state index in [1.165, 1.54) is 0 Å². The molecular formula is C32H32N2O4. The molecule has 0 spiro atoms. The minimum atomic E-state index is -0.812. The lowest BCUT2D eigenvalue weighted by Crippen LogP contribution is -2.43. The highest BCUT2D eigenvalue weighted by Gasteiger charge is 2.31. The Morgan fingerprint density at radius 1 is 0.684 bits per heavy atom. The zero-order chi connectivity index (χ0) is 26.7. The number of amides is 2. The molecule has 1 atom stereocenters. The first-order valence-corrected chi connectivity index (χ1v) is 12.5. The van der Waals surface area contributed by atoms with Crippen LogP contribution in [0.25, 0.3) is 0 Å². The van der Waals surface area contributed by atoms with Crippen LogP contribution in [-0.2, 0) is 29.1 Å². The van der Waals surface area contributed by atoms with E-state index in [1.54, 1.807) is 19.1 Å². The van der Waals surface area contributed by atoms with Gasteiger partial charge >= 0.3 is 0 Å². The Morgan fingerprint density at radius 3 is 1.76 bits per heavy atom. The minimum Gasteiger partial charge on any atom is -0.497 e. The summed E-state index contributed by atoms with van der Waals surface area (Å²) in [6.45, 7) is 0.598. The number of hydrogen-bond acceptors (Lipinski definition) is 4. The van der Waals surface area contributed by atoms with Crippen molar-refractivity contribution in [3.05, 3.63) is 131 Å². The Bertz CT molecular complexity index is 1310. The third kappa shape index (κ3) is 7.01.